The van der Waals surface area contributed by atoms with E-state index in [0.29, 0.717) is 12.5 Å². The predicted molar refractivity (Wildman–Crippen MR) is 114 cm³/mol. The highest BCUT2D eigenvalue weighted by molar-refractivity contribution is 6.16. The second-order valence-corrected chi connectivity index (χ2v) is 8.16. The fraction of sp³-hybridized carbons (Fsp3) is 0.417. The molecule has 0 saturated carbocycles. The number of fused-ring (bicyclic) bond motifs is 5. The standard InChI is InChI=1S/C24H28N2O2/c1-5-17(25(3)4)12-13-26-21-9-6-16(15(2)27)14-20(21)24-19-8-11-23(28)18(19)7-10-22(24)26/h6-7,9-10,14,17H,5,8,11-13H2,1-4H3/t17-/m1/s1. The third-order valence-electron chi connectivity index (χ3n) is 6.33. The number of rotatable bonds is 6. The molecule has 0 unspecified atom stereocenters. The molecule has 1 aliphatic carbocycles. The lowest BCUT2D eigenvalue weighted by Gasteiger charge is -2.23. The molecule has 28 heavy (non-hydrogen) atoms. The monoisotopic (exact) mass is 376 g/mol. The van der Waals surface area contributed by atoms with Gasteiger partial charge in [-0.15, -0.1) is 0 Å². The molecule has 1 heterocycles. The van der Waals surface area contributed by atoms with E-state index in [4.69, 9.17) is 0 Å². The van der Waals surface area contributed by atoms with Crippen LogP contribution in [0.3, 0.4) is 0 Å². The Morgan fingerprint density at radius 2 is 1.89 bits per heavy atom. The third kappa shape index (κ3) is 2.96. The summed E-state index contributed by atoms with van der Waals surface area (Å²) in [5, 5.41) is 2.27. The van der Waals surface area contributed by atoms with Crippen LogP contribution in [0.1, 0.15) is 59.4 Å². The molecule has 0 N–H and O–H groups in total. The maximum atomic E-state index is 12.3. The van der Waals surface area contributed by atoms with E-state index >= 15 is 0 Å². The molecule has 3 aromatic rings. The molecule has 0 saturated heterocycles. The van der Waals surface area contributed by atoms with Gasteiger partial charge in [0.25, 0.3) is 0 Å². The quantitative estimate of drug-likeness (QED) is 0.577. The maximum Gasteiger partial charge on any atom is 0.163 e. The Bertz CT molecular complexity index is 1090. The first-order valence-electron chi connectivity index (χ1n) is 10.2. The zero-order chi connectivity index (χ0) is 20.0. The summed E-state index contributed by atoms with van der Waals surface area (Å²) in [5.74, 6) is 0.310. The molecule has 0 fully saturated rings. The zero-order valence-corrected chi connectivity index (χ0v) is 17.2. The number of aromatic nitrogens is 1. The largest absolute Gasteiger partial charge is 0.340 e. The number of nitrogens with zero attached hydrogens (tertiary/aromatic N) is 2. The van der Waals surface area contributed by atoms with Crippen LogP contribution >= 0.6 is 0 Å². The lowest BCUT2D eigenvalue weighted by Crippen LogP contribution is -2.28. The molecule has 2 aromatic carbocycles. The van der Waals surface area contributed by atoms with Gasteiger partial charge >= 0.3 is 0 Å². The minimum atomic E-state index is 0.0742. The van der Waals surface area contributed by atoms with Crippen LogP contribution in [0.4, 0.5) is 0 Å². The van der Waals surface area contributed by atoms with Crippen LogP contribution in [0.15, 0.2) is 30.3 Å². The summed E-state index contributed by atoms with van der Waals surface area (Å²) in [7, 11) is 4.27. The SMILES string of the molecule is CC[C@H](CCn1c2ccc(C(C)=O)cc2c2c3c(ccc21)C(=O)CC3)N(C)C. The van der Waals surface area contributed by atoms with E-state index in [2.05, 4.69) is 42.6 Å². The molecule has 1 aliphatic rings. The lowest BCUT2D eigenvalue weighted by atomic mass is 10.0. The van der Waals surface area contributed by atoms with E-state index in [9.17, 15) is 9.59 Å². The minimum Gasteiger partial charge on any atom is -0.340 e. The van der Waals surface area contributed by atoms with Crippen LogP contribution in [0, 0.1) is 0 Å². The van der Waals surface area contributed by atoms with E-state index in [-0.39, 0.29) is 11.6 Å². The molecular formula is C24H28N2O2. The highest BCUT2D eigenvalue weighted by Gasteiger charge is 2.25. The fourth-order valence-electron chi connectivity index (χ4n) is 4.72. The molecule has 1 aromatic heterocycles. The van der Waals surface area contributed by atoms with Crippen LogP contribution in [0.25, 0.3) is 21.8 Å². The van der Waals surface area contributed by atoms with Crippen molar-refractivity contribution in [3.8, 4) is 0 Å². The zero-order valence-electron chi connectivity index (χ0n) is 17.2. The van der Waals surface area contributed by atoms with Crippen molar-refractivity contribution >= 4 is 33.4 Å². The summed E-state index contributed by atoms with van der Waals surface area (Å²) in [6, 6.07) is 10.6. The van der Waals surface area contributed by atoms with Crippen molar-refractivity contribution in [1.82, 2.24) is 9.47 Å². The first-order chi connectivity index (χ1) is 13.4. The van der Waals surface area contributed by atoms with Crippen molar-refractivity contribution < 1.29 is 9.59 Å². The van der Waals surface area contributed by atoms with Crippen LogP contribution in [-0.2, 0) is 13.0 Å². The van der Waals surface area contributed by atoms with E-state index in [1.807, 2.05) is 18.2 Å². The molecule has 4 heteroatoms. The smallest absolute Gasteiger partial charge is 0.163 e. The number of benzene rings is 2. The van der Waals surface area contributed by atoms with Crippen molar-refractivity contribution in [1.29, 1.82) is 0 Å². The molecule has 146 valence electrons. The summed E-state index contributed by atoms with van der Waals surface area (Å²) >= 11 is 0. The van der Waals surface area contributed by atoms with Gasteiger partial charge < -0.3 is 9.47 Å². The lowest BCUT2D eigenvalue weighted by molar-refractivity contribution is 0.0991. The van der Waals surface area contributed by atoms with E-state index < -0.39 is 0 Å². The van der Waals surface area contributed by atoms with Gasteiger partial charge in [0.2, 0.25) is 0 Å². The summed E-state index contributed by atoms with van der Waals surface area (Å²) in [6.45, 7) is 4.76. The molecule has 0 amide bonds. The topological polar surface area (TPSA) is 42.3 Å². The molecular weight excluding hydrogens is 348 g/mol. The number of carbonyl (C=O) groups excluding carboxylic acids is 2. The highest BCUT2D eigenvalue weighted by Crippen LogP contribution is 2.37. The Kier molecular flexibility index (Phi) is 4.84. The number of Topliss-reactive ketones (excluding diaryl/α,β-unsaturated/α-hetero) is 2. The van der Waals surface area contributed by atoms with Gasteiger partial charge in [0.1, 0.15) is 0 Å². The van der Waals surface area contributed by atoms with E-state index in [1.54, 1.807) is 6.92 Å². The Balaban J connectivity index is 1.93. The Hall–Kier alpha value is -2.46. The Morgan fingerprint density at radius 1 is 1.14 bits per heavy atom. The number of hydrogen-bond acceptors (Lipinski definition) is 3. The van der Waals surface area contributed by atoms with Crippen LogP contribution in [0.2, 0.25) is 0 Å². The van der Waals surface area contributed by atoms with Crippen molar-refractivity contribution in [2.24, 2.45) is 0 Å². The van der Waals surface area contributed by atoms with Gasteiger partial charge in [0, 0.05) is 51.9 Å². The van der Waals surface area contributed by atoms with Gasteiger partial charge in [-0.05, 0) is 76.2 Å². The summed E-state index contributed by atoms with van der Waals surface area (Å²) in [4.78, 5) is 26.6. The third-order valence-corrected chi connectivity index (χ3v) is 6.33. The van der Waals surface area contributed by atoms with E-state index in [1.165, 1.54) is 10.9 Å². The summed E-state index contributed by atoms with van der Waals surface area (Å²) < 4.78 is 2.38. The van der Waals surface area contributed by atoms with Gasteiger partial charge in [-0.3, -0.25) is 9.59 Å². The summed E-state index contributed by atoms with van der Waals surface area (Å²) in [5.41, 5.74) is 5.08. The molecule has 0 aliphatic heterocycles. The van der Waals surface area contributed by atoms with Crippen molar-refractivity contribution in [2.75, 3.05) is 14.1 Å². The fourth-order valence-corrected chi connectivity index (χ4v) is 4.72. The number of hydrogen-bond donors (Lipinski definition) is 0. The van der Waals surface area contributed by atoms with Gasteiger partial charge in [0.05, 0.1) is 0 Å². The summed E-state index contributed by atoms with van der Waals surface area (Å²) in [6.07, 6.45) is 3.56. The Labute approximate surface area is 166 Å². The number of ketones is 2. The van der Waals surface area contributed by atoms with Gasteiger partial charge in [-0.1, -0.05) is 6.92 Å². The van der Waals surface area contributed by atoms with Crippen LogP contribution in [-0.4, -0.2) is 41.2 Å². The average molecular weight is 377 g/mol. The molecule has 4 nitrogen and oxygen atoms in total. The number of aryl methyl sites for hydroxylation is 2. The van der Waals surface area contributed by atoms with Gasteiger partial charge in [-0.25, -0.2) is 0 Å². The molecule has 0 radical (unpaired) electrons. The van der Waals surface area contributed by atoms with Crippen molar-refractivity contribution in [3.05, 3.63) is 47.0 Å². The highest BCUT2D eigenvalue weighted by atomic mass is 16.1. The first-order valence-corrected chi connectivity index (χ1v) is 10.2. The molecule has 0 spiro atoms. The molecule has 4 rings (SSSR count). The second kappa shape index (κ2) is 7.17. The first kappa shape index (κ1) is 18.9. The van der Waals surface area contributed by atoms with Crippen LogP contribution < -0.4 is 0 Å². The average Bonchev–Trinajstić information content (AvgIpc) is 3.19. The van der Waals surface area contributed by atoms with Crippen molar-refractivity contribution in [3.63, 3.8) is 0 Å². The van der Waals surface area contributed by atoms with Crippen LogP contribution in [0.5, 0.6) is 0 Å². The predicted octanol–water partition coefficient (Wildman–Crippen LogP) is 4.86. The normalized spacial score (nSPS) is 15.0. The van der Waals surface area contributed by atoms with Crippen molar-refractivity contribution in [2.45, 2.75) is 52.1 Å². The second-order valence-electron chi connectivity index (χ2n) is 8.16. The van der Waals surface area contributed by atoms with Gasteiger partial charge in [0.15, 0.2) is 11.6 Å². The maximum absolute atomic E-state index is 12.3. The number of carbonyl (C=O) groups is 2. The Morgan fingerprint density at radius 3 is 2.57 bits per heavy atom. The van der Waals surface area contributed by atoms with Gasteiger partial charge in [-0.2, -0.15) is 0 Å². The molecule has 1 atom stereocenters. The minimum absolute atomic E-state index is 0.0742. The molecule has 0 bridgehead atoms. The van der Waals surface area contributed by atoms with E-state index in [0.717, 1.165) is 53.4 Å².